The minimum atomic E-state index is -0.833. The largest absolute Gasteiger partial charge is 2.00 e. The van der Waals surface area contributed by atoms with Gasteiger partial charge in [0.2, 0.25) is 0 Å². The molecule has 0 spiro atoms. The molecule has 6 aromatic carbocycles. The zero-order chi connectivity index (χ0) is 25.7. The first kappa shape index (κ1) is 27.9. The van der Waals surface area contributed by atoms with E-state index < -0.39 is 11.9 Å². The van der Waals surface area contributed by atoms with Crippen LogP contribution in [0.15, 0.2) is 97.1 Å². The van der Waals surface area contributed by atoms with Crippen LogP contribution in [0.4, 0.5) is 0 Å². The number of carboxylic acid groups (broad SMARTS) is 2. The van der Waals surface area contributed by atoms with Crippen molar-refractivity contribution in [2.24, 2.45) is 0 Å². The van der Waals surface area contributed by atoms with Gasteiger partial charge in [-0.25, -0.2) is 0 Å². The van der Waals surface area contributed by atoms with E-state index in [9.17, 15) is 0 Å². The molecule has 4 nitrogen and oxygen atoms in total. The zero-order valence-electron chi connectivity index (χ0n) is 20.9. The van der Waals surface area contributed by atoms with Crippen LogP contribution >= 0.6 is 0 Å². The van der Waals surface area contributed by atoms with Gasteiger partial charge in [0.1, 0.15) is 0 Å². The van der Waals surface area contributed by atoms with Crippen LogP contribution in [0, 0.1) is 0 Å². The molecule has 0 radical (unpaired) electrons. The van der Waals surface area contributed by atoms with Crippen molar-refractivity contribution in [2.45, 2.75) is 26.7 Å². The maximum atomic E-state index is 9.00. The molecule has 0 aliphatic carbocycles. The Morgan fingerprint density at radius 3 is 1.27 bits per heavy atom. The number of carbonyl (C=O) groups is 2. The second-order valence-corrected chi connectivity index (χ2v) is 8.76. The summed E-state index contributed by atoms with van der Waals surface area (Å²) in [7, 11) is 0. The molecule has 6 rings (SSSR count). The molecule has 0 fully saturated rings. The molecule has 0 unspecified atom stereocenters. The van der Waals surface area contributed by atoms with Crippen molar-refractivity contribution in [3.05, 3.63) is 108 Å². The minimum absolute atomic E-state index is 0. The number of rotatable bonds is 3. The molecule has 6 aromatic rings. The van der Waals surface area contributed by atoms with Crippen molar-refractivity contribution in [2.75, 3.05) is 0 Å². The van der Waals surface area contributed by atoms with Crippen LogP contribution in [0.1, 0.15) is 25.0 Å². The molecule has 0 amide bonds. The Kier molecular flexibility index (Phi) is 9.40. The summed E-state index contributed by atoms with van der Waals surface area (Å²) in [6.07, 6.45) is 2.13. The minimum Gasteiger partial charge on any atom is -0.481 e. The average molecular weight is 524 g/mol. The van der Waals surface area contributed by atoms with Crippen molar-refractivity contribution < 1.29 is 41.5 Å². The van der Waals surface area contributed by atoms with Gasteiger partial charge in [0, 0.05) is 13.8 Å². The summed E-state index contributed by atoms with van der Waals surface area (Å²) >= 11 is 0. The maximum Gasteiger partial charge on any atom is 2.00 e. The van der Waals surface area contributed by atoms with Gasteiger partial charge in [0.25, 0.3) is 11.9 Å². The van der Waals surface area contributed by atoms with Crippen molar-refractivity contribution in [3.63, 3.8) is 0 Å². The van der Waals surface area contributed by atoms with Crippen molar-refractivity contribution in [3.8, 4) is 0 Å². The molecule has 0 aromatic heterocycles. The van der Waals surface area contributed by atoms with Crippen LogP contribution in [-0.4, -0.2) is 22.2 Å². The van der Waals surface area contributed by atoms with Gasteiger partial charge in [0.15, 0.2) is 0 Å². The van der Waals surface area contributed by atoms with Crippen molar-refractivity contribution >= 4 is 55.0 Å². The summed E-state index contributed by atoms with van der Waals surface area (Å²) in [5.74, 6) is -1.67. The number of aryl methyl sites for hydroxylation is 2. The van der Waals surface area contributed by atoms with E-state index in [4.69, 9.17) is 19.8 Å². The Labute approximate surface area is 230 Å². The van der Waals surface area contributed by atoms with E-state index in [0.717, 1.165) is 26.7 Å². The van der Waals surface area contributed by atoms with Gasteiger partial charge in [-0.2, -0.15) is 0 Å². The van der Waals surface area contributed by atoms with E-state index in [-0.39, 0.29) is 21.7 Å². The molecule has 0 saturated carbocycles. The summed E-state index contributed by atoms with van der Waals surface area (Å²) in [6.45, 7) is 2.17. The molecule has 37 heavy (non-hydrogen) atoms. The molecule has 0 aliphatic rings. The fourth-order valence-electron chi connectivity index (χ4n) is 4.79. The zero-order valence-corrected chi connectivity index (χ0v) is 22.4. The maximum absolute atomic E-state index is 9.00. The quantitative estimate of drug-likeness (QED) is 0.184. The molecule has 0 saturated heterocycles. The summed E-state index contributed by atoms with van der Waals surface area (Å²) in [4.78, 5) is 18.0. The van der Waals surface area contributed by atoms with Crippen molar-refractivity contribution in [1.29, 1.82) is 0 Å². The van der Waals surface area contributed by atoms with Gasteiger partial charge in [-0.05, 0) is 0 Å². The third-order valence-corrected chi connectivity index (χ3v) is 6.16. The van der Waals surface area contributed by atoms with Gasteiger partial charge in [-0.15, -0.1) is 78.5 Å². The molecule has 2 N–H and O–H groups in total. The summed E-state index contributed by atoms with van der Waals surface area (Å²) in [6, 6.07) is 35.7. The van der Waals surface area contributed by atoms with Crippen LogP contribution in [0.5, 0.6) is 0 Å². The Balaban J connectivity index is 0.000000375. The van der Waals surface area contributed by atoms with E-state index in [1.165, 1.54) is 54.2 Å². The Morgan fingerprint density at radius 1 is 0.568 bits per heavy atom. The number of benzene rings is 4. The Morgan fingerprint density at radius 2 is 0.892 bits per heavy atom. The first-order valence-electron chi connectivity index (χ1n) is 11.9. The molecule has 0 bridgehead atoms. The second-order valence-electron chi connectivity index (χ2n) is 8.76. The van der Waals surface area contributed by atoms with Gasteiger partial charge in [0.05, 0.1) is 0 Å². The first-order chi connectivity index (χ1) is 17.3. The molecule has 0 atom stereocenters. The third kappa shape index (κ3) is 6.54. The SMILES string of the molecule is CC(=O)O.CC(=O)O.[Ti+2].c1ccc2c(c1)[cH-]c1c(CCc3cccc4c3[cH-]c3ccccc34)cccc12. The van der Waals surface area contributed by atoms with Crippen LogP contribution < -0.4 is 0 Å². The normalized spacial score (nSPS) is 10.3. The van der Waals surface area contributed by atoms with Gasteiger partial charge in [-0.1, -0.05) is 85.6 Å². The van der Waals surface area contributed by atoms with Crippen LogP contribution in [-0.2, 0) is 44.1 Å². The van der Waals surface area contributed by atoms with E-state index in [1.54, 1.807) is 0 Å². The number of carboxylic acids is 2. The summed E-state index contributed by atoms with van der Waals surface area (Å²) in [5, 5.41) is 25.8. The summed E-state index contributed by atoms with van der Waals surface area (Å²) < 4.78 is 0. The van der Waals surface area contributed by atoms with Crippen LogP contribution in [0.2, 0.25) is 0 Å². The number of fused-ring (bicyclic) bond motifs is 6. The van der Waals surface area contributed by atoms with Gasteiger partial charge >= 0.3 is 21.7 Å². The predicted molar refractivity (Wildman–Crippen MR) is 148 cm³/mol. The fraction of sp³-hybridized carbons (Fsp3) is 0.125. The van der Waals surface area contributed by atoms with Crippen LogP contribution in [0.25, 0.3) is 43.1 Å². The third-order valence-electron chi connectivity index (χ3n) is 6.16. The Bertz CT molecular complexity index is 1540. The molecule has 184 valence electrons. The van der Waals surface area contributed by atoms with E-state index in [2.05, 4.69) is 97.1 Å². The van der Waals surface area contributed by atoms with Crippen LogP contribution in [0.3, 0.4) is 0 Å². The molecular formula is C32H28O4Ti. The molecular weight excluding hydrogens is 496 g/mol. The standard InChI is InChI=1S/C28H20.2C2H4O2.Ti/c1-3-11-23-21(7-1)17-27-19(9-5-13-25(23)27)15-16-20-10-6-14-26-24-12-4-2-8-22(24)18-28(20)26;2*1-2(3)4;/h1-14,17-18H,15-16H2;2*1H3,(H,3,4);/q-2;;;+2. The molecule has 0 aliphatic heterocycles. The van der Waals surface area contributed by atoms with Crippen molar-refractivity contribution in [1.82, 2.24) is 0 Å². The smallest absolute Gasteiger partial charge is 0.481 e. The van der Waals surface area contributed by atoms with E-state index >= 15 is 0 Å². The topological polar surface area (TPSA) is 74.6 Å². The number of hydrogen-bond acceptors (Lipinski definition) is 2. The number of aliphatic carboxylic acids is 2. The average Bonchev–Trinajstić information content (AvgIpc) is 3.41. The van der Waals surface area contributed by atoms with E-state index in [1.807, 2.05) is 0 Å². The molecule has 0 heterocycles. The Hall–Kier alpha value is -3.73. The van der Waals surface area contributed by atoms with Gasteiger partial charge in [-0.3, -0.25) is 9.59 Å². The second kappa shape index (κ2) is 12.5. The molecule has 5 heteroatoms. The fourth-order valence-corrected chi connectivity index (χ4v) is 4.79. The number of hydrogen-bond donors (Lipinski definition) is 2. The predicted octanol–water partition coefficient (Wildman–Crippen LogP) is 7.70. The summed E-state index contributed by atoms with van der Waals surface area (Å²) in [5.41, 5.74) is 2.89. The monoisotopic (exact) mass is 524 g/mol. The van der Waals surface area contributed by atoms with Gasteiger partial charge < -0.3 is 10.2 Å². The van der Waals surface area contributed by atoms with E-state index in [0.29, 0.717) is 0 Å². The first-order valence-corrected chi connectivity index (χ1v) is 11.9.